The Balaban J connectivity index is 2.25. The third-order valence-corrected chi connectivity index (χ3v) is 4.78. The van der Waals surface area contributed by atoms with E-state index in [9.17, 15) is 5.11 Å². The molecule has 20 heavy (non-hydrogen) atoms. The van der Waals surface area contributed by atoms with Crippen molar-refractivity contribution < 1.29 is 5.11 Å². The van der Waals surface area contributed by atoms with Crippen LogP contribution in [0, 0.1) is 5.92 Å². The number of benzene rings is 1. The van der Waals surface area contributed by atoms with Crippen LogP contribution in [-0.4, -0.2) is 17.7 Å². The smallest absolute Gasteiger partial charge is 0.0772 e. The van der Waals surface area contributed by atoms with Crippen molar-refractivity contribution in [2.45, 2.75) is 58.6 Å². The van der Waals surface area contributed by atoms with Gasteiger partial charge in [0.1, 0.15) is 0 Å². The second-order valence-electron chi connectivity index (χ2n) is 6.37. The van der Waals surface area contributed by atoms with Gasteiger partial charge in [0.25, 0.3) is 0 Å². The molecule has 1 unspecified atom stereocenters. The lowest BCUT2D eigenvalue weighted by molar-refractivity contribution is 0.198. The summed E-state index contributed by atoms with van der Waals surface area (Å²) in [5.41, 5.74) is 2.24. The Kier molecular flexibility index (Phi) is 5.50. The van der Waals surface area contributed by atoms with Crippen LogP contribution < -0.4 is 4.90 Å². The van der Waals surface area contributed by atoms with Crippen LogP contribution >= 0.6 is 15.9 Å². The van der Waals surface area contributed by atoms with Crippen LogP contribution in [0.5, 0.6) is 0 Å². The maximum absolute atomic E-state index is 9.75. The van der Waals surface area contributed by atoms with Gasteiger partial charge in [-0.25, -0.2) is 0 Å². The zero-order chi connectivity index (χ0) is 14.7. The van der Waals surface area contributed by atoms with Crippen molar-refractivity contribution in [3.63, 3.8) is 0 Å². The van der Waals surface area contributed by atoms with Crippen molar-refractivity contribution in [2.75, 3.05) is 11.4 Å². The number of hydrogen-bond acceptors (Lipinski definition) is 2. The summed E-state index contributed by atoms with van der Waals surface area (Å²) in [7, 11) is 0. The van der Waals surface area contributed by atoms with Crippen molar-refractivity contribution in [2.24, 2.45) is 5.92 Å². The molecular weight excluding hydrogens is 314 g/mol. The van der Waals surface area contributed by atoms with E-state index < -0.39 is 6.10 Å². The highest BCUT2D eigenvalue weighted by Gasteiger charge is 2.24. The van der Waals surface area contributed by atoms with E-state index in [2.05, 4.69) is 46.8 Å². The fourth-order valence-electron chi connectivity index (χ4n) is 3.11. The Morgan fingerprint density at radius 1 is 1.25 bits per heavy atom. The molecule has 1 fully saturated rings. The number of halogens is 1. The molecule has 0 amide bonds. The van der Waals surface area contributed by atoms with Crippen LogP contribution in [0.3, 0.4) is 0 Å². The summed E-state index contributed by atoms with van der Waals surface area (Å²) in [6, 6.07) is 7.06. The summed E-state index contributed by atoms with van der Waals surface area (Å²) < 4.78 is 1.01. The molecule has 1 aliphatic carbocycles. The molecule has 0 aromatic heterocycles. The lowest BCUT2D eigenvalue weighted by atomic mass is 10.1. The van der Waals surface area contributed by atoms with Gasteiger partial charge in [0, 0.05) is 22.7 Å². The molecular formula is C17H26BrNO. The lowest BCUT2D eigenvalue weighted by Crippen LogP contribution is -2.36. The molecule has 1 saturated carbocycles. The van der Waals surface area contributed by atoms with Gasteiger partial charge in [-0.1, -0.05) is 48.7 Å². The molecule has 2 nitrogen and oxygen atoms in total. The molecule has 1 N–H and O–H groups in total. The second-order valence-corrected chi connectivity index (χ2v) is 7.22. The summed E-state index contributed by atoms with van der Waals surface area (Å²) in [6.45, 7) is 7.47. The van der Waals surface area contributed by atoms with Crippen LogP contribution in [-0.2, 0) is 0 Å². The maximum atomic E-state index is 9.75. The van der Waals surface area contributed by atoms with Gasteiger partial charge in [-0.05, 0) is 43.4 Å². The molecule has 0 radical (unpaired) electrons. The minimum atomic E-state index is -0.427. The van der Waals surface area contributed by atoms with E-state index in [1.807, 2.05) is 13.0 Å². The molecule has 0 saturated heterocycles. The first kappa shape index (κ1) is 15.8. The molecule has 1 aromatic carbocycles. The fourth-order valence-corrected chi connectivity index (χ4v) is 3.81. The molecule has 0 bridgehead atoms. The molecule has 0 heterocycles. The van der Waals surface area contributed by atoms with Crippen molar-refractivity contribution >= 4 is 21.6 Å². The van der Waals surface area contributed by atoms with E-state index in [1.165, 1.54) is 31.4 Å². The predicted molar refractivity (Wildman–Crippen MR) is 89.2 cm³/mol. The third kappa shape index (κ3) is 3.76. The zero-order valence-corrected chi connectivity index (χ0v) is 14.4. The van der Waals surface area contributed by atoms with Crippen LogP contribution in [0.25, 0.3) is 0 Å². The zero-order valence-electron chi connectivity index (χ0n) is 12.8. The summed E-state index contributed by atoms with van der Waals surface area (Å²) in [6.07, 6.45) is 4.90. The van der Waals surface area contributed by atoms with E-state index >= 15 is 0 Å². The van der Waals surface area contributed by atoms with E-state index in [0.29, 0.717) is 12.0 Å². The third-order valence-electron chi connectivity index (χ3n) is 4.09. The van der Waals surface area contributed by atoms with Crippen molar-refractivity contribution in [1.82, 2.24) is 0 Å². The normalized spacial score (nSPS) is 17.7. The van der Waals surface area contributed by atoms with E-state index in [1.54, 1.807) is 0 Å². The summed E-state index contributed by atoms with van der Waals surface area (Å²) in [5.74, 6) is 0.658. The second kappa shape index (κ2) is 6.95. The maximum Gasteiger partial charge on any atom is 0.0772 e. The average molecular weight is 340 g/mol. The first-order valence-electron chi connectivity index (χ1n) is 7.73. The van der Waals surface area contributed by atoms with E-state index in [-0.39, 0.29) is 0 Å². The van der Waals surface area contributed by atoms with Crippen molar-refractivity contribution in [3.8, 4) is 0 Å². The molecule has 0 spiro atoms. The lowest BCUT2D eigenvalue weighted by Gasteiger charge is -2.33. The highest BCUT2D eigenvalue weighted by atomic mass is 79.9. The van der Waals surface area contributed by atoms with Crippen molar-refractivity contribution in [3.05, 3.63) is 28.2 Å². The van der Waals surface area contributed by atoms with Crippen LogP contribution in [0.15, 0.2) is 22.7 Å². The van der Waals surface area contributed by atoms with Crippen LogP contribution in [0.1, 0.15) is 58.1 Å². The highest BCUT2D eigenvalue weighted by Crippen LogP contribution is 2.33. The Morgan fingerprint density at radius 2 is 1.90 bits per heavy atom. The highest BCUT2D eigenvalue weighted by molar-refractivity contribution is 9.10. The fraction of sp³-hybridized carbons (Fsp3) is 0.647. The first-order valence-corrected chi connectivity index (χ1v) is 8.52. The molecule has 3 heteroatoms. The van der Waals surface area contributed by atoms with Gasteiger partial charge in [-0.15, -0.1) is 0 Å². The average Bonchev–Trinajstić information content (AvgIpc) is 2.88. The van der Waals surface area contributed by atoms with Crippen LogP contribution in [0.4, 0.5) is 5.69 Å². The quantitative estimate of drug-likeness (QED) is 0.823. The number of aliphatic hydroxyl groups excluding tert-OH is 1. The number of rotatable bonds is 5. The molecule has 1 atom stereocenters. The minimum Gasteiger partial charge on any atom is -0.389 e. The van der Waals surface area contributed by atoms with E-state index in [4.69, 9.17) is 0 Å². The molecule has 0 aliphatic heterocycles. The monoisotopic (exact) mass is 339 g/mol. The topological polar surface area (TPSA) is 23.5 Å². The number of hydrogen-bond donors (Lipinski definition) is 1. The Hall–Kier alpha value is -0.540. The summed E-state index contributed by atoms with van der Waals surface area (Å²) >= 11 is 3.60. The van der Waals surface area contributed by atoms with Gasteiger partial charge in [-0.3, -0.25) is 0 Å². The minimum absolute atomic E-state index is 0.427. The number of nitrogens with zero attached hydrogens (tertiary/aromatic N) is 1. The Labute approximate surface area is 131 Å². The molecule has 1 aliphatic rings. The summed E-state index contributed by atoms with van der Waals surface area (Å²) in [5, 5.41) is 9.75. The Morgan fingerprint density at radius 3 is 2.40 bits per heavy atom. The molecule has 2 rings (SSSR count). The SMILES string of the molecule is CC(C)CN(c1ccc(C(C)O)c(Br)c1)C1CCCC1. The molecule has 112 valence electrons. The number of anilines is 1. The van der Waals surface area contributed by atoms with Crippen LogP contribution in [0.2, 0.25) is 0 Å². The molecule has 1 aromatic rings. The van der Waals surface area contributed by atoms with Gasteiger partial charge >= 0.3 is 0 Å². The summed E-state index contributed by atoms with van der Waals surface area (Å²) in [4.78, 5) is 2.56. The first-order chi connectivity index (χ1) is 9.49. The van der Waals surface area contributed by atoms with E-state index in [0.717, 1.165) is 16.6 Å². The van der Waals surface area contributed by atoms with Gasteiger partial charge in [0.05, 0.1) is 6.10 Å². The van der Waals surface area contributed by atoms with Gasteiger partial charge in [-0.2, -0.15) is 0 Å². The largest absolute Gasteiger partial charge is 0.389 e. The van der Waals surface area contributed by atoms with Crippen molar-refractivity contribution in [1.29, 1.82) is 0 Å². The standard InChI is InChI=1S/C17H26BrNO/c1-12(2)11-19(14-6-4-5-7-14)15-8-9-16(13(3)20)17(18)10-15/h8-10,12-14,20H,4-7,11H2,1-3H3. The van der Waals surface area contributed by atoms with Gasteiger partial charge in [0.2, 0.25) is 0 Å². The van der Waals surface area contributed by atoms with Gasteiger partial charge < -0.3 is 10.0 Å². The predicted octanol–water partition coefficient (Wildman–Crippen LogP) is 4.91. The van der Waals surface area contributed by atoms with Gasteiger partial charge in [0.15, 0.2) is 0 Å². The Bertz CT molecular complexity index is 439. The number of aliphatic hydroxyl groups is 1.